The predicted octanol–water partition coefficient (Wildman–Crippen LogP) is 2.22. The number of primary sulfonamides is 1. The van der Waals surface area contributed by atoms with Gasteiger partial charge in [0, 0.05) is 41.9 Å². The molecule has 0 saturated carbocycles. The Morgan fingerprint density at radius 2 is 1.97 bits per heavy atom. The molecule has 7 N–H and O–H groups in total. The molecular weight excluding hydrogens is 428 g/mol. The van der Waals surface area contributed by atoms with Crippen LogP contribution in [0, 0.1) is 5.41 Å². The lowest BCUT2D eigenvalue weighted by Crippen LogP contribution is -2.18. The highest BCUT2D eigenvalue weighted by molar-refractivity contribution is 7.89. The van der Waals surface area contributed by atoms with E-state index in [0.717, 1.165) is 11.3 Å². The Morgan fingerprint density at radius 1 is 1.19 bits per heavy atom. The molecule has 1 unspecified atom stereocenters. The molecule has 2 aromatic carbocycles. The summed E-state index contributed by atoms with van der Waals surface area (Å²) in [7, 11) is -3.91. The fourth-order valence-corrected chi connectivity index (χ4v) is 4.55. The van der Waals surface area contributed by atoms with Crippen LogP contribution in [0.15, 0.2) is 65.7 Å². The number of nitrogens with one attached hydrogen (secondary N) is 3. The van der Waals surface area contributed by atoms with Crippen molar-refractivity contribution in [3.05, 3.63) is 71.9 Å². The zero-order chi connectivity index (χ0) is 22.9. The highest BCUT2D eigenvalue weighted by atomic mass is 32.2. The minimum absolute atomic E-state index is 0.00149. The SMILES string of the molecule is N=C(N)c1ccc2c(c1)C(CC(=O)Nc1cc(-c3ccccc3S(N)(=O)=O)ccn1)CN2. The summed E-state index contributed by atoms with van der Waals surface area (Å²) in [5.41, 5.74) is 9.06. The maximum atomic E-state index is 12.7. The Labute approximate surface area is 185 Å². The van der Waals surface area contributed by atoms with Crippen molar-refractivity contribution in [1.82, 2.24) is 4.98 Å². The standard InChI is InChI=1S/C22H22N6O3S/c23-22(24)14-5-6-18-17(9-14)15(12-27-18)11-21(29)28-20-10-13(7-8-26-20)16-3-1-2-4-19(16)32(25,30)31/h1-10,15,27H,11-12H2,(H3,23,24)(H2,25,30,31)(H,26,28,29). The van der Waals surface area contributed by atoms with Crippen LogP contribution in [0.25, 0.3) is 11.1 Å². The van der Waals surface area contributed by atoms with Gasteiger partial charge in [-0.05, 0) is 47.5 Å². The number of nitrogens with two attached hydrogens (primary N) is 2. The highest BCUT2D eigenvalue weighted by Gasteiger charge is 2.25. The van der Waals surface area contributed by atoms with Gasteiger partial charge in [0.25, 0.3) is 0 Å². The number of benzene rings is 2. The van der Waals surface area contributed by atoms with Crippen molar-refractivity contribution >= 4 is 33.3 Å². The molecule has 1 aliphatic rings. The molecule has 0 aliphatic carbocycles. The van der Waals surface area contributed by atoms with Gasteiger partial charge in [-0.25, -0.2) is 18.5 Å². The topological polar surface area (TPSA) is 164 Å². The van der Waals surface area contributed by atoms with Crippen LogP contribution >= 0.6 is 0 Å². The molecule has 3 aromatic rings. The number of hydrogen-bond donors (Lipinski definition) is 5. The van der Waals surface area contributed by atoms with E-state index in [4.69, 9.17) is 16.3 Å². The van der Waals surface area contributed by atoms with Gasteiger partial charge in [0.15, 0.2) is 0 Å². The number of nitrogen functional groups attached to an aromatic ring is 1. The molecule has 9 nitrogen and oxygen atoms in total. The molecule has 2 heterocycles. The van der Waals surface area contributed by atoms with Crippen molar-refractivity contribution in [1.29, 1.82) is 5.41 Å². The minimum Gasteiger partial charge on any atom is -0.384 e. The van der Waals surface area contributed by atoms with E-state index in [0.29, 0.717) is 29.1 Å². The van der Waals surface area contributed by atoms with E-state index in [2.05, 4.69) is 15.6 Å². The molecule has 0 fully saturated rings. The third-order valence-electron chi connectivity index (χ3n) is 5.31. The summed E-state index contributed by atoms with van der Waals surface area (Å²) in [6, 6.07) is 15.1. The number of anilines is 2. The number of sulfonamides is 1. The number of fused-ring (bicyclic) bond motifs is 1. The molecule has 1 aliphatic heterocycles. The van der Waals surface area contributed by atoms with Crippen molar-refractivity contribution in [3.8, 4) is 11.1 Å². The van der Waals surface area contributed by atoms with E-state index in [1.165, 1.54) is 12.3 Å². The number of carbonyl (C=O) groups is 1. The van der Waals surface area contributed by atoms with Gasteiger partial charge in [-0.15, -0.1) is 0 Å². The second-order valence-electron chi connectivity index (χ2n) is 7.52. The van der Waals surface area contributed by atoms with Crippen LogP contribution in [0.2, 0.25) is 0 Å². The van der Waals surface area contributed by atoms with Crippen molar-refractivity contribution in [2.75, 3.05) is 17.2 Å². The molecule has 0 radical (unpaired) electrons. The van der Waals surface area contributed by atoms with Crippen LogP contribution in [0.3, 0.4) is 0 Å². The first-order chi connectivity index (χ1) is 15.2. The van der Waals surface area contributed by atoms with Gasteiger partial charge in [0.2, 0.25) is 15.9 Å². The number of amides is 1. The zero-order valence-corrected chi connectivity index (χ0v) is 17.8. The molecule has 0 spiro atoms. The second kappa shape index (κ2) is 8.40. The molecule has 1 aromatic heterocycles. The van der Waals surface area contributed by atoms with Crippen LogP contribution < -0.4 is 21.5 Å². The molecule has 1 amide bonds. The van der Waals surface area contributed by atoms with Gasteiger partial charge in [0.1, 0.15) is 11.7 Å². The Balaban J connectivity index is 1.52. The van der Waals surface area contributed by atoms with Crippen LogP contribution in [0.1, 0.15) is 23.5 Å². The largest absolute Gasteiger partial charge is 0.384 e. The van der Waals surface area contributed by atoms with Crippen molar-refractivity contribution < 1.29 is 13.2 Å². The molecule has 0 bridgehead atoms. The van der Waals surface area contributed by atoms with Crippen LogP contribution in [-0.2, 0) is 14.8 Å². The molecule has 164 valence electrons. The first-order valence-corrected chi connectivity index (χ1v) is 11.4. The van der Waals surface area contributed by atoms with Crippen LogP contribution in [0.4, 0.5) is 11.5 Å². The van der Waals surface area contributed by atoms with E-state index >= 15 is 0 Å². The van der Waals surface area contributed by atoms with Crippen LogP contribution in [0.5, 0.6) is 0 Å². The van der Waals surface area contributed by atoms with E-state index in [1.54, 1.807) is 36.4 Å². The lowest BCUT2D eigenvalue weighted by Gasteiger charge is -2.12. The maximum Gasteiger partial charge on any atom is 0.238 e. The van der Waals surface area contributed by atoms with Crippen molar-refractivity contribution in [2.24, 2.45) is 10.9 Å². The highest BCUT2D eigenvalue weighted by Crippen LogP contribution is 2.34. The normalized spacial score (nSPS) is 15.0. The summed E-state index contributed by atoms with van der Waals surface area (Å²) in [5.74, 6) is -0.0260. The summed E-state index contributed by atoms with van der Waals surface area (Å²) in [6.45, 7) is 0.597. The van der Waals surface area contributed by atoms with Gasteiger partial charge in [0.05, 0.1) is 4.90 Å². The number of aromatic nitrogens is 1. The Morgan fingerprint density at radius 3 is 2.72 bits per heavy atom. The molecule has 4 rings (SSSR count). The average molecular weight is 451 g/mol. The molecular formula is C22H22N6O3S. The fraction of sp³-hybridized carbons (Fsp3) is 0.136. The molecule has 1 atom stereocenters. The summed E-state index contributed by atoms with van der Waals surface area (Å²) in [6.07, 6.45) is 1.71. The third kappa shape index (κ3) is 4.46. The summed E-state index contributed by atoms with van der Waals surface area (Å²) in [5, 5.41) is 19.0. The zero-order valence-electron chi connectivity index (χ0n) is 17.0. The summed E-state index contributed by atoms with van der Waals surface area (Å²) < 4.78 is 23.8. The van der Waals surface area contributed by atoms with Gasteiger partial charge in [-0.3, -0.25) is 10.2 Å². The van der Waals surface area contributed by atoms with E-state index in [9.17, 15) is 13.2 Å². The monoisotopic (exact) mass is 450 g/mol. The number of rotatable bonds is 6. The summed E-state index contributed by atoms with van der Waals surface area (Å²) >= 11 is 0. The van der Waals surface area contributed by atoms with E-state index in [1.807, 2.05) is 12.1 Å². The fourth-order valence-electron chi connectivity index (χ4n) is 3.79. The smallest absolute Gasteiger partial charge is 0.238 e. The first-order valence-electron chi connectivity index (χ1n) is 9.82. The third-order valence-corrected chi connectivity index (χ3v) is 6.27. The average Bonchev–Trinajstić information content (AvgIpc) is 3.15. The lowest BCUT2D eigenvalue weighted by molar-refractivity contribution is -0.116. The molecule has 0 saturated heterocycles. The van der Waals surface area contributed by atoms with Crippen LogP contribution in [-0.4, -0.2) is 31.7 Å². The Hall–Kier alpha value is -3.76. The Bertz CT molecular complexity index is 1320. The number of hydrogen-bond acceptors (Lipinski definition) is 6. The number of amidine groups is 1. The van der Waals surface area contributed by atoms with Gasteiger partial charge in [-0.1, -0.05) is 18.2 Å². The second-order valence-corrected chi connectivity index (χ2v) is 9.05. The maximum absolute atomic E-state index is 12.7. The van der Waals surface area contributed by atoms with E-state index < -0.39 is 10.0 Å². The van der Waals surface area contributed by atoms with E-state index in [-0.39, 0.29) is 29.0 Å². The van der Waals surface area contributed by atoms with Crippen molar-refractivity contribution in [3.63, 3.8) is 0 Å². The molecule has 32 heavy (non-hydrogen) atoms. The van der Waals surface area contributed by atoms with Gasteiger partial charge in [-0.2, -0.15) is 0 Å². The number of carbonyl (C=O) groups excluding carboxylic acids is 1. The summed E-state index contributed by atoms with van der Waals surface area (Å²) in [4.78, 5) is 16.9. The number of nitrogens with zero attached hydrogens (tertiary/aromatic N) is 1. The first kappa shape index (κ1) is 21.5. The molecule has 10 heteroatoms. The van der Waals surface area contributed by atoms with Gasteiger partial charge >= 0.3 is 0 Å². The quantitative estimate of drug-likeness (QED) is 0.285. The predicted molar refractivity (Wildman–Crippen MR) is 123 cm³/mol. The van der Waals surface area contributed by atoms with Gasteiger partial charge < -0.3 is 16.4 Å². The van der Waals surface area contributed by atoms with Crippen molar-refractivity contribution in [2.45, 2.75) is 17.2 Å². The lowest BCUT2D eigenvalue weighted by atomic mass is 9.95. The Kier molecular flexibility index (Phi) is 5.64. The minimum atomic E-state index is -3.91. The number of pyridine rings is 1.